The monoisotopic (exact) mass is 2140 g/mol. The Balaban J connectivity index is 0.000000121. The Bertz CT molecular complexity index is 7800. The number of aryl methyl sites for hydroxylation is 3. The molecule has 15 nitrogen and oxygen atoms in total. The molecule has 24 rings (SSSR count). The molecular weight excluding hydrogens is 2070 g/mol. The Morgan fingerprint density at radius 2 is 0.637 bits per heavy atom. The van der Waals surface area contributed by atoms with Crippen LogP contribution in [0.2, 0.25) is 0 Å². The third-order valence-electron chi connectivity index (χ3n) is 23.4. The number of aromatic nitrogens is 9. The fourth-order valence-electron chi connectivity index (χ4n) is 17.5. The van der Waals surface area contributed by atoms with Crippen molar-refractivity contribution in [1.82, 2.24) is 57.1 Å². The molecule has 0 aliphatic carbocycles. The zero-order valence-corrected chi connectivity index (χ0v) is 75.0. The summed E-state index contributed by atoms with van der Waals surface area (Å²) in [5.74, 6) is 2.68. The van der Waals surface area contributed by atoms with Crippen LogP contribution in [0.15, 0.2) is 334 Å². The van der Waals surface area contributed by atoms with E-state index < -0.39 is 0 Å². The van der Waals surface area contributed by atoms with Crippen LogP contribution >= 0.6 is 0 Å². The van der Waals surface area contributed by atoms with E-state index in [9.17, 15) is 0 Å². The molecular formula is C106H76N15Pt3-9. The van der Waals surface area contributed by atoms with Gasteiger partial charge in [-0.25, -0.2) is 0 Å². The van der Waals surface area contributed by atoms with Crippen LogP contribution in [-0.2, 0) is 84.3 Å². The van der Waals surface area contributed by atoms with E-state index in [0.717, 1.165) is 167 Å². The summed E-state index contributed by atoms with van der Waals surface area (Å²) in [7, 11) is 12.3. The van der Waals surface area contributed by atoms with E-state index in [-0.39, 0.29) is 63.2 Å². The second-order valence-electron chi connectivity index (χ2n) is 31.0. The topological polar surface area (TPSA) is 87.7 Å². The van der Waals surface area contributed by atoms with Crippen molar-refractivity contribution < 1.29 is 63.2 Å². The van der Waals surface area contributed by atoms with Crippen molar-refractivity contribution in [3.05, 3.63) is 391 Å². The summed E-state index contributed by atoms with van der Waals surface area (Å²) in [5, 5.41) is 9.47. The molecule has 0 N–H and O–H groups in total. The molecule has 3 aliphatic heterocycles. The van der Waals surface area contributed by atoms with Gasteiger partial charge in [0.05, 0.1) is 50.6 Å². The minimum Gasteiger partial charge on any atom is -0.510 e. The molecule has 0 atom stereocenters. The maximum absolute atomic E-state index is 5.19. The molecule has 21 aromatic rings. The largest absolute Gasteiger partial charge is 0.510 e. The maximum Gasteiger partial charge on any atom is 0.0849 e. The van der Waals surface area contributed by atoms with E-state index in [1.54, 1.807) is 0 Å². The molecule has 614 valence electrons. The number of hydrogen-bond donors (Lipinski definition) is 0. The van der Waals surface area contributed by atoms with Gasteiger partial charge in [0.2, 0.25) is 0 Å². The Hall–Kier alpha value is -13.5. The molecule has 9 heterocycles. The van der Waals surface area contributed by atoms with E-state index >= 15 is 0 Å². The normalized spacial score (nSPS) is 13.1. The molecule has 0 radical (unpaired) electrons. The molecule has 0 saturated heterocycles. The zero-order chi connectivity index (χ0) is 81.1. The van der Waals surface area contributed by atoms with Crippen LogP contribution in [0.4, 0.5) is 17.1 Å². The average molecular weight is 2150 g/mol. The molecule has 0 unspecified atom stereocenters. The number of hydrogen-bond acceptors (Lipinski definition) is 9. The van der Waals surface area contributed by atoms with Crippen LogP contribution in [-0.4, -0.2) is 78.2 Å². The molecule has 0 fully saturated rings. The van der Waals surface area contributed by atoms with Gasteiger partial charge in [0.1, 0.15) is 0 Å². The van der Waals surface area contributed by atoms with Crippen molar-refractivity contribution in [1.29, 1.82) is 0 Å². The third kappa shape index (κ3) is 14.2. The van der Waals surface area contributed by atoms with Gasteiger partial charge >= 0.3 is 0 Å². The number of anilines is 3. The number of benzene rings is 15. The predicted molar refractivity (Wildman–Crippen MR) is 494 cm³/mol. The van der Waals surface area contributed by atoms with Gasteiger partial charge in [0.25, 0.3) is 0 Å². The molecule has 6 aromatic heterocycles. The molecule has 18 heteroatoms. The summed E-state index contributed by atoms with van der Waals surface area (Å²) in [4.78, 5) is 27.6. The van der Waals surface area contributed by atoms with Crippen molar-refractivity contribution in [3.8, 4) is 73.5 Å². The number of fused-ring (bicyclic) bond motifs is 13. The van der Waals surface area contributed by atoms with Crippen molar-refractivity contribution in [3.63, 3.8) is 0 Å². The van der Waals surface area contributed by atoms with Crippen molar-refractivity contribution >= 4 is 126 Å². The standard InChI is InChI=1S/2C36H26N5.C34H24N5.3Pt/c1-38-20-21-40(24-38)27-12-8-13-28(23-27)41-32-16-7-6-14-30(32)31-19-18-26(22-34(31)41)36-37-35-29(25-10-4-3-5-11-25)15-9-17-33(35)39(36)2;1-38-19-20-40(24-38)28-11-8-12-29(23-28)41-33-14-7-6-13-30(33)31-17-15-27(22-35(31)41)36-37-32-21-26(16-18-34(32)39(36)2)25-9-4-3-5-10-25;1-36-16-17-38(22-36)26-10-7-11-27(21-26)39-32-20-25(34-35-30-12-5-6-13-31(30)37(34)2)14-15-28(32)29-18-23-8-3-4-9-24(23)19-33(29)39;;;/h2*3-21,24H,1-2H3;3-19,22H,1-2H3;;;/q3*-3;;;. The first-order valence-electron chi connectivity index (χ1n) is 40.4. The minimum atomic E-state index is 0. The average Bonchev–Trinajstić information content (AvgIpc) is 1.62. The van der Waals surface area contributed by atoms with E-state index in [4.69, 9.17) is 15.0 Å². The molecule has 0 amide bonds. The van der Waals surface area contributed by atoms with E-state index in [0.29, 0.717) is 0 Å². The molecule has 15 aromatic carbocycles. The summed E-state index contributed by atoms with van der Waals surface area (Å²) < 4.78 is 13.3. The van der Waals surface area contributed by atoms with Gasteiger partial charge in [-0.1, -0.05) is 191 Å². The summed E-state index contributed by atoms with van der Waals surface area (Å²) in [6.07, 6.45) is 12.2. The Labute approximate surface area is 761 Å². The number of rotatable bonds is 11. The first-order valence-corrected chi connectivity index (χ1v) is 40.4. The van der Waals surface area contributed by atoms with Crippen molar-refractivity contribution in [2.45, 2.75) is 0 Å². The van der Waals surface area contributed by atoms with Gasteiger partial charge in [0, 0.05) is 106 Å². The van der Waals surface area contributed by atoms with Crippen LogP contribution in [0.25, 0.3) is 183 Å². The summed E-state index contributed by atoms with van der Waals surface area (Å²) >= 11 is 0. The van der Waals surface area contributed by atoms with Gasteiger partial charge in [-0.15, -0.1) is 143 Å². The molecule has 0 bridgehead atoms. The molecule has 0 spiro atoms. The Morgan fingerprint density at radius 3 is 1.13 bits per heavy atom. The zero-order valence-electron chi connectivity index (χ0n) is 68.1. The smallest absolute Gasteiger partial charge is 0.0849 e. The van der Waals surface area contributed by atoms with Gasteiger partial charge in [-0.3, -0.25) is 15.0 Å². The van der Waals surface area contributed by atoms with Gasteiger partial charge in [0.15, 0.2) is 0 Å². The number of imidazole rings is 3. The van der Waals surface area contributed by atoms with Gasteiger partial charge < -0.3 is 56.8 Å². The van der Waals surface area contributed by atoms with E-state index in [2.05, 4.69) is 379 Å². The second kappa shape index (κ2) is 33.0. The quantitative estimate of drug-likeness (QED) is 0.118. The van der Waals surface area contributed by atoms with Crippen LogP contribution < -0.4 is 14.7 Å². The summed E-state index contributed by atoms with van der Waals surface area (Å²) in [6, 6.07) is 126. The number of nitrogens with zero attached hydrogens (tertiary/aromatic N) is 15. The van der Waals surface area contributed by atoms with E-state index in [1.165, 1.54) is 32.5 Å². The van der Waals surface area contributed by atoms with Gasteiger partial charge in [-0.05, 0) is 167 Å². The fourth-order valence-corrected chi connectivity index (χ4v) is 17.5. The van der Waals surface area contributed by atoms with Gasteiger partial charge in [-0.2, -0.15) is 38.2 Å². The first-order chi connectivity index (χ1) is 59.4. The third-order valence-corrected chi connectivity index (χ3v) is 23.4. The second-order valence-corrected chi connectivity index (χ2v) is 31.0. The Morgan fingerprint density at radius 1 is 0.250 bits per heavy atom. The van der Waals surface area contributed by atoms with Crippen LogP contribution in [0.5, 0.6) is 0 Å². The number of para-hydroxylation sites is 5. The minimum absolute atomic E-state index is 0. The summed E-state index contributed by atoms with van der Waals surface area (Å²) in [5.41, 5.74) is 26.0. The van der Waals surface area contributed by atoms with Crippen LogP contribution in [0.3, 0.4) is 0 Å². The Kier molecular flexibility index (Phi) is 21.4. The SMILES string of the molecule is CN1C=CN(c2[c-]c(-n3c4[c-]c(-c5nc6c(-c7ccccc7)cccc6n5C)ccc4c4ccccc43)ccc2)[CH-]1.CN1C=CN(c2[c-]c(-n3c4[c-]c(-c5nc6cc(-c7ccccc7)ccc6n5C)ccc4c4ccccc43)ccc2)[CH-]1.CN1C=CN(c2[c-]c(-n3c4[c-]c(-c5nc6ccccc6n5C)ccc4c4cc5ccccc5cc43)ccc2)[CH-]1.[Pt].[Pt].[Pt]. The molecule has 3 aliphatic rings. The summed E-state index contributed by atoms with van der Waals surface area (Å²) in [6.45, 7) is 6.13. The molecule has 124 heavy (non-hydrogen) atoms. The van der Waals surface area contributed by atoms with Crippen molar-refractivity contribution in [2.75, 3.05) is 35.8 Å². The fraction of sp³-hybridized carbons (Fsp3) is 0.0566. The molecule has 0 saturated carbocycles. The predicted octanol–water partition coefficient (Wildman–Crippen LogP) is 23.3. The van der Waals surface area contributed by atoms with Crippen molar-refractivity contribution in [2.24, 2.45) is 21.1 Å². The maximum atomic E-state index is 5.19. The van der Waals surface area contributed by atoms with Crippen LogP contribution in [0.1, 0.15) is 0 Å². The van der Waals surface area contributed by atoms with E-state index in [1.807, 2.05) is 111 Å². The van der Waals surface area contributed by atoms with Crippen LogP contribution in [0, 0.1) is 56.4 Å². The first kappa shape index (κ1) is 80.2.